The van der Waals surface area contributed by atoms with Gasteiger partial charge >= 0.3 is 0 Å². The zero-order valence-electron chi connectivity index (χ0n) is 11.7. The highest BCUT2D eigenvalue weighted by Crippen LogP contribution is 2.39. The fraction of sp³-hybridized carbons (Fsp3) is 0.625. The maximum Gasteiger partial charge on any atom is 0.126 e. The van der Waals surface area contributed by atoms with Crippen LogP contribution in [-0.4, -0.2) is 17.7 Å². The number of nitrogens with one attached hydrogen (secondary N) is 1. The number of hydrogen-bond donors (Lipinski definition) is 1. The van der Waals surface area contributed by atoms with E-state index in [1.807, 2.05) is 0 Å². The van der Waals surface area contributed by atoms with Crippen molar-refractivity contribution in [2.45, 2.75) is 57.6 Å². The zero-order valence-corrected chi connectivity index (χ0v) is 11.7. The Kier molecular flexibility index (Phi) is 2.67. The standard InChI is InChI=1S/C16H23NO/c1-15(2)10-12-6-4-7-13(14(12)18-15)11-16(3)8-5-9-17-16/h4,6-7,17H,5,8-11H2,1-3H3. The van der Waals surface area contributed by atoms with Crippen molar-refractivity contribution in [3.8, 4) is 5.75 Å². The Morgan fingerprint density at radius 1 is 1.28 bits per heavy atom. The summed E-state index contributed by atoms with van der Waals surface area (Å²) in [6.45, 7) is 7.83. The maximum absolute atomic E-state index is 6.15. The normalized spacial score (nSPS) is 29.1. The van der Waals surface area contributed by atoms with Gasteiger partial charge in [0.05, 0.1) is 0 Å². The molecule has 3 rings (SSSR count). The summed E-state index contributed by atoms with van der Waals surface area (Å²) >= 11 is 0. The van der Waals surface area contributed by atoms with Gasteiger partial charge in [0.2, 0.25) is 0 Å². The Hall–Kier alpha value is -1.02. The van der Waals surface area contributed by atoms with Gasteiger partial charge in [-0.1, -0.05) is 18.2 Å². The molecule has 2 heterocycles. The first-order valence-electron chi connectivity index (χ1n) is 7.02. The summed E-state index contributed by atoms with van der Waals surface area (Å²) in [6, 6.07) is 6.61. The molecular formula is C16H23NO. The quantitative estimate of drug-likeness (QED) is 0.864. The zero-order chi connectivity index (χ0) is 12.8. The van der Waals surface area contributed by atoms with Crippen LogP contribution in [0.1, 0.15) is 44.7 Å². The van der Waals surface area contributed by atoms with Crippen molar-refractivity contribution in [2.24, 2.45) is 0 Å². The third kappa shape index (κ3) is 2.14. The van der Waals surface area contributed by atoms with Gasteiger partial charge in [0.15, 0.2) is 0 Å². The number of rotatable bonds is 2. The Morgan fingerprint density at radius 3 is 2.83 bits per heavy atom. The van der Waals surface area contributed by atoms with E-state index < -0.39 is 0 Å². The minimum Gasteiger partial charge on any atom is -0.487 e. The van der Waals surface area contributed by atoms with Gasteiger partial charge in [-0.3, -0.25) is 0 Å². The van der Waals surface area contributed by atoms with Crippen molar-refractivity contribution >= 4 is 0 Å². The van der Waals surface area contributed by atoms with Crippen molar-refractivity contribution in [1.82, 2.24) is 5.32 Å². The van der Waals surface area contributed by atoms with Crippen LogP contribution in [0.4, 0.5) is 0 Å². The minimum atomic E-state index is -0.0392. The molecule has 2 nitrogen and oxygen atoms in total. The summed E-state index contributed by atoms with van der Waals surface area (Å²) in [5, 5.41) is 3.64. The molecule has 0 radical (unpaired) electrons. The smallest absolute Gasteiger partial charge is 0.126 e. The second-order valence-corrected chi connectivity index (χ2v) is 6.71. The summed E-state index contributed by atoms with van der Waals surface area (Å²) in [5.41, 5.74) is 2.96. The van der Waals surface area contributed by atoms with Gasteiger partial charge in [-0.05, 0) is 57.7 Å². The van der Waals surface area contributed by atoms with Crippen LogP contribution in [0.5, 0.6) is 5.75 Å². The van der Waals surface area contributed by atoms with E-state index in [-0.39, 0.29) is 11.1 Å². The molecule has 0 bridgehead atoms. The largest absolute Gasteiger partial charge is 0.487 e. The van der Waals surface area contributed by atoms with Crippen molar-refractivity contribution in [3.05, 3.63) is 29.3 Å². The summed E-state index contributed by atoms with van der Waals surface area (Å²) in [5.74, 6) is 1.15. The first-order valence-corrected chi connectivity index (χ1v) is 7.02. The summed E-state index contributed by atoms with van der Waals surface area (Å²) in [4.78, 5) is 0. The molecule has 0 aromatic heterocycles. The van der Waals surface area contributed by atoms with E-state index in [0.717, 1.165) is 25.1 Å². The highest BCUT2D eigenvalue weighted by atomic mass is 16.5. The van der Waals surface area contributed by atoms with Crippen molar-refractivity contribution in [1.29, 1.82) is 0 Å². The molecule has 0 saturated carbocycles. The van der Waals surface area contributed by atoms with E-state index in [9.17, 15) is 0 Å². The lowest BCUT2D eigenvalue weighted by molar-refractivity contribution is 0.136. The fourth-order valence-electron chi connectivity index (χ4n) is 3.35. The van der Waals surface area contributed by atoms with Crippen LogP contribution in [-0.2, 0) is 12.8 Å². The average Bonchev–Trinajstić information content (AvgIpc) is 2.81. The number of hydrogen-bond acceptors (Lipinski definition) is 2. The molecule has 2 heteroatoms. The fourth-order valence-corrected chi connectivity index (χ4v) is 3.35. The van der Waals surface area contributed by atoms with Crippen LogP contribution in [0.15, 0.2) is 18.2 Å². The molecule has 98 valence electrons. The van der Waals surface area contributed by atoms with Crippen LogP contribution in [0.2, 0.25) is 0 Å². The molecule has 0 aliphatic carbocycles. The molecule has 1 atom stereocenters. The Balaban J connectivity index is 1.89. The molecule has 1 aromatic carbocycles. The van der Waals surface area contributed by atoms with Crippen LogP contribution in [0.3, 0.4) is 0 Å². The number of para-hydroxylation sites is 1. The summed E-state index contributed by atoms with van der Waals surface area (Å²) in [6.07, 6.45) is 4.66. The van der Waals surface area contributed by atoms with E-state index in [4.69, 9.17) is 4.74 Å². The summed E-state index contributed by atoms with van der Waals surface area (Å²) < 4.78 is 6.15. The van der Waals surface area contributed by atoms with Gasteiger partial charge in [-0.25, -0.2) is 0 Å². The van der Waals surface area contributed by atoms with Crippen molar-refractivity contribution < 1.29 is 4.74 Å². The molecule has 1 fully saturated rings. The van der Waals surface area contributed by atoms with Crippen LogP contribution < -0.4 is 10.1 Å². The van der Waals surface area contributed by atoms with Gasteiger partial charge in [0.1, 0.15) is 11.4 Å². The lowest BCUT2D eigenvalue weighted by Gasteiger charge is -2.26. The molecule has 1 aromatic rings. The molecule has 1 unspecified atom stereocenters. The number of fused-ring (bicyclic) bond motifs is 1. The number of benzene rings is 1. The van der Waals surface area contributed by atoms with E-state index >= 15 is 0 Å². The highest BCUT2D eigenvalue weighted by molar-refractivity contribution is 5.46. The predicted octanol–water partition coefficient (Wildman–Crippen LogP) is 3.08. The van der Waals surface area contributed by atoms with Gasteiger partial charge in [0.25, 0.3) is 0 Å². The third-order valence-electron chi connectivity index (χ3n) is 4.21. The lowest BCUT2D eigenvalue weighted by atomic mass is 9.90. The Bertz CT molecular complexity index is 458. The van der Waals surface area contributed by atoms with Crippen molar-refractivity contribution in [2.75, 3.05) is 6.54 Å². The van der Waals surface area contributed by atoms with Gasteiger partial charge < -0.3 is 10.1 Å². The molecule has 2 aliphatic rings. The first kappa shape index (κ1) is 12.0. The topological polar surface area (TPSA) is 21.3 Å². The monoisotopic (exact) mass is 245 g/mol. The predicted molar refractivity (Wildman–Crippen MR) is 74.2 cm³/mol. The molecule has 1 N–H and O–H groups in total. The number of ether oxygens (including phenoxy) is 1. The Morgan fingerprint density at radius 2 is 2.11 bits per heavy atom. The van der Waals surface area contributed by atoms with Crippen LogP contribution in [0, 0.1) is 0 Å². The van der Waals surface area contributed by atoms with Crippen LogP contribution >= 0.6 is 0 Å². The summed E-state index contributed by atoms with van der Waals surface area (Å²) in [7, 11) is 0. The molecular weight excluding hydrogens is 222 g/mol. The second-order valence-electron chi connectivity index (χ2n) is 6.71. The first-order chi connectivity index (χ1) is 8.48. The van der Waals surface area contributed by atoms with Crippen LogP contribution in [0.25, 0.3) is 0 Å². The van der Waals surface area contributed by atoms with E-state index in [1.54, 1.807) is 0 Å². The van der Waals surface area contributed by atoms with Gasteiger partial charge in [-0.15, -0.1) is 0 Å². The molecule has 2 aliphatic heterocycles. The van der Waals surface area contributed by atoms with Gasteiger partial charge in [0, 0.05) is 12.0 Å². The van der Waals surface area contributed by atoms with Gasteiger partial charge in [-0.2, -0.15) is 0 Å². The van der Waals surface area contributed by atoms with E-state index in [1.165, 1.54) is 24.0 Å². The molecule has 1 saturated heterocycles. The second kappa shape index (κ2) is 3.99. The Labute approximate surface area is 110 Å². The SMILES string of the molecule is CC1(Cc2cccc3c2OC(C)(C)C3)CCCN1. The minimum absolute atomic E-state index is 0.0392. The molecule has 0 amide bonds. The average molecular weight is 245 g/mol. The highest BCUT2D eigenvalue weighted by Gasteiger charge is 2.34. The lowest BCUT2D eigenvalue weighted by Crippen LogP contribution is -2.38. The molecule has 18 heavy (non-hydrogen) atoms. The third-order valence-corrected chi connectivity index (χ3v) is 4.21. The van der Waals surface area contributed by atoms with E-state index in [2.05, 4.69) is 44.3 Å². The van der Waals surface area contributed by atoms with Crippen molar-refractivity contribution in [3.63, 3.8) is 0 Å². The van der Waals surface area contributed by atoms with E-state index in [0.29, 0.717) is 0 Å². The maximum atomic E-state index is 6.15. The molecule has 0 spiro atoms.